The Morgan fingerprint density at radius 3 is 2.78 bits per heavy atom. The van der Waals surface area contributed by atoms with Gasteiger partial charge in [-0.15, -0.1) is 0 Å². The van der Waals surface area contributed by atoms with Crippen LogP contribution in [0.15, 0.2) is 39.7 Å². The number of nitrogens with zero attached hydrogens (tertiary/aromatic N) is 1. The Morgan fingerprint density at radius 1 is 1.39 bits per heavy atom. The van der Waals surface area contributed by atoms with E-state index in [4.69, 9.17) is 17.3 Å². The number of hydrogen-bond donors (Lipinski definition) is 1. The maximum atomic E-state index is 11.9. The molecular formula is C13H12BrClN2O. The molecule has 0 unspecified atom stereocenters. The summed E-state index contributed by atoms with van der Waals surface area (Å²) in [5.74, 6) is 0. The highest BCUT2D eigenvalue weighted by Gasteiger charge is 2.06. The van der Waals surface area contributed by atoms with Crippen molar-refractivity contribution < 1.29 is 0 Å². The first-order chi connectivity index (χ1) is 8.47. The molecule has 0 amide bonds. The van der Waals surface area contributed by atoms with Crippen LogP contribution in [0.1, 0.15) is 11.1 Å². The maximum absolute atomic E-state index is 11.9. The molecule has 0 aliphatic heterocycles. The van der Waals surface area contributed by atoms with E-state index in [0.717, 1.165) is 11.1 Å². The number of nitrogens with two attached hydrogens (primary N) is 1. The highest BCUT2D eigenvalue weighted by Crippen LogP contribution is 2.19. The number of aromatic nitrogens is 1. The normalized spacial score (nSPS) is 10.6. The molecule has 94 valence electrons. The van der Waals surface area contributed by atoms with Gasteiger partial charge in [0.15, 0.2) is 0 Å². The quantitative estimate of drug-likeness (QED) is 0.921. The molecule has 0 radical (unpaired) electrons. The van der Waals surface area contributed by atoms with Crippen molar-refractivity contribution in [2.75, 3.05) is 5.73 Å². The molecule has 0 bridgehead atoms. The van der Waals surface area contributed by atoms with Crippen LogP contribution < -0.4 is 11.3 Å². The molecule has 18 heavy (non-hydrogen) atoms. The van der Waals surface area contributed by atoms with Gasteiger partial charge in [0.25, 0.3) is 5.56 Å². The number of benzene rings is 1. The lowest BCUT2D eigenvalue weighted by atomic mass is 10.1. The summed E-state index contributed by atoms with van der Waals surface area (Å²) in [7, 11) is 0. The number of hydrogen-bond acceptors (Lipinski definition) is 2. The van der Waals surface area contributed by atoms with Crippen molar-refractivity contribution in [3.63, 3.8) is 0 Å². The third kappa shape index (κ3) is 2.76. The van der Waals surface area contributed by atoms with Crippen LogP contribution in [-0.2, 0) is 6.54 Å². The summed E-state index contributed by atoms with van der Waals surface area (Å²) in [5, 5.41) is 0.653. The average Bonchev–Trinajstić information content (AvgIpc) is 2.29. The van der Waals surface area contributed by atoms with E-state index in [9.17, 15) is 4.79 Å². The Kier molecular flexibility index (Phi) is 3.78. The zero-order valence-corrected chi connectivity index (χ0v) is 12.1. The summed E-state index contributed by atoms with van der Waals surface area (Å²) < 4.78 is 1.99. The zero-order chi connectivity index (χ0) is 13.3. The van der Waals surface area contributed by atoms with Gasteiger partial charge in [0.2, 0.25) is 0 Å². The van der Waals surface area contributed by atoms with Gasteiger partial charge in [0.1, 0.15) is 0 Å². The molecule has 0 saturated carbocycles. The van der Waals surface area contributed by atoms with E-state index < -0.39 is 0 Å². The van der Waals surface area contributed by atoms with Crippen LogP contribution in [0.5, 0.6) is 0 Å². The highest BCUT2D eigenvalue weighted by atomic mass is 79.9. The smallest absolute Gasteiger partial charge is 0.265 e. The minimum Gasteiger partial charge on any atom is -0.398 e. The predicted molar refractivity (Wildman–Crippen MR) is 78.1 cm³/mol. The first kappa shape index (κ1) is 13.2. The van der Waals surface area contributed by atoms with Gasteiger partial charge in [-0.1, -0.05) is 23.7 Å². The summed E-state index contributed by atoms with van der Waals surface area (Å²) >= 11 is 9.35. The zero-order valence-electron chi connectivity index (χ0n) is 9.78. The Labute approximate surface area is 118 Å². The van der Waals surface area contributed by atoms with E-state index in [1.807, 2.05) is 25.1 Å². The molecule has 0 spiro atoms. The molecule has 0 saturated heterocycles. The lowest BCUT2D eigenvalue weighted by Gasteiger charge is -2.09. The van der Waals surface area contributed by atoms with E-state index in [1.54, 1.807) is 12.3 Å². The Balaban J connectivity index is 2.43. The molecule has 2 aromatic rings. The fourth-order valence-electron chi connectivity index (χ4n) is 1.70. The third-order valence-corrected chi connectivity index (χ3v) is 3.53. The van der Waals surface area contributed by atoms with Crippen LogP contribution in [0.4, 0.5) is 5.69 Å². The summed E-state index contributed by atoms with van der Waals surface area (Å²) in [6, 6.07) is 7.35. The van der Waals surface area contributed by atoms with E-state index in [0.29, 0.717) is 21.7 Å². The second-order valence-corrected chi connectivity index (χ2v) is 5.41. The van der Waals surface area contributed by atoms with Gasteiger partial charge in [-0.3, -0.25) is 4.79 Å². The standard InChI is InChI=1S/C13H12BrClN2O/c1-8-2-3-9(12(15)4-8)6-17-7-10(16)5-11(14)13(17)18/h2-5,7H,6,16H2,1H3. The van der Waals surface area contributed by atoms with E-state index in [-0.39, 0.29) is 5.56 Å². The van der Waals surface area contributed by atoms with Gasteiger partial charge in [-0.05, 0) is 46.1 Å². The van der Waals surface area contributed by atoms with E-state index in [1.165, 1.54) is 4.57 Å². The fraction of sp³-hybridized carbons (Fsp3) is 0.154. The van der Waals surface area contributed by atoms with Gasteiger partial charge >= 0.3 is 0 Å². The fourth-order valence-corrected chi connectivity index (χ4v) is 2.49. The van der Waals surface area contributed by atoms with Crippen LogP contribution in [0.3, 0.4) is 0 Å². The van der Waals surface area contributed by atoms with Gasteiger partial charge in [-0.25, -0.2) is 0 Å². The average molecular weight is 328 g/mol. The molecule has 0 fully saturated rings. The molecule has 0 aliphatic rings. The Hall–Kier alpha value is -1.26. The monoisotopic (exact) mass is 326 g/mol. The molecule has 1 heterocycles. The first-order valence-electron chi connectivity index (χ1n) is 5.38. The van der Waals surface area contributed by atoms with Crippen molar-refractivity contribution in [3.8, 4) is 0 Å². The van der Waals surface area contributed by atoms with Crippen LogP contribution in [0.25, 0.3) is 0 Å². The van der Waals surface area contributed by atoms with Crippen molar-refractivity contribution in [1.29, 1.82) is 0 Å². The van der Waals surface area contributed by atoms with Gasteiger partial charge < -0.3 is 10.3 Å². The molecule has 2 rings (SSSR count). The van der Waals surface area contributed by atoms with Gasteiger partial charge in [0, 0.05) is 16.9 Å². The van der Waals surface area contributed by atoms with Crippen LogP contribution in [0.2, 0.25) is 5.02 Å². The predicted octanol–water partition coefficient (Wildman–Crippen LogP) is 3.20. The molecule has 3 nitrogen and oxygen atoms in total. The third-order valence-electron chi connectivity index (χ3n) is 2.61. The summed E-state index contributed by atoms with van der Waals surface area (Å²) in [4.78, 5) is 11.9. The minimum atomic E-state index is -0.124. The summed E-state index contributed by atoms with van der Waals surface area (Å²) in [6.45, 7) is 2.38. The van der Waals surface area contributed by atoms with Crippen molar-refractivity contribution in [1.82, 2.24) is 4.57 Å². The molecule has 2 N–H and O–H groups in total. The van der Waals surface area contributed by atoms with E-state index in [2.05, 4.69) is 15.9 Å². The maximum Gasteiger partial charge on any atom is 0.265 e. The second kappa shape index (κ2) is 5.16. The Bertz CT molecular complexity index is 652. The number of pyridine rings is 1. The first-order valence-corrected chi connectivity index (χ1v) is 6.55. The SMILES string of the molecule is Cc1ccc(Cn2cc(N)cc(Br)c2=O)c(Cl)c1. The highest BCUT2D eigenvalue weighted by molar-refractivity contribution is 9.10. The number of anilines is 1. The molecule has 0 aliphatic carbocycles. The number of aryl methyl sites for hydroxylation is 1. The second-order valence-electron chi connectivity index (χ2n) is 4.15. The van der Waals surface area contributed by atoms with E-state index >= 15 is 0 Å². The molecule has 0 atom stereocenters. The van der Waals surface area contributed by atoms with Crippen molar-refractivity contribution in [3.05, 3.63) is 61.4 Å². The lowest BCUT2D eigenvalue weighted by Crippen LogP contribution is -2.21. The lowest BCUT2D eigenvalue weighted by molar-refractivity contribution is 0.757. The van der Waals surface area contributed by atoms with Crippen LogP contribution >= 0.6 is 27.5 Å². The van der Waals surface area contributed by atoms with Crippen LogP contribution in [-0.4, -0.2) is 4.57 Å². The Morgan fingerprint density at radius 2 is 2.11 bits per heavy atom. The van der Waals surface area contributed by atoms with Crippen molar-refractivity contribution >= 4 is 33.2 Å². The van der Waals surface area contributed by atoms with Crippen molar-refractivity contribution in [2.24, 2.45) is 0 Å². The van der Waals surface area contributed by atoms with Crippen molar-refractivity contribution in [2.45, 2.75) is 13.5 Å². The van der Waals surface area contributed by atoms with Gasteiger partial charge in [-0.2, -0.15) is 0 Å². The molecular weight excluding hydrogens is 316 g/mol. The number of nitrogen functional groups attached to an aromatic ring is 1. The largest absolute Gasteiger partial charge is 0.398 e. The summed E-state index contributed by atoms with van der Waals surface area (Å²) in [5.41, 5.74) is 8.11. The van der Waals surface area contributed by atoms with Crippen LogP contribution in [0, 0.1) is 6.92 Å². The minimum absolute atomic E-state index is 0.124. The summed E-state index contributed by atoms with van der Waals surface area (Å²) in [6.07, 6.45) is 1.61. The van der Waals surface area contributed by atoms with Gasteiger partial charge in [0.05, 0.1) is 11.0 Å². The topological polar surface area (TPSA) is 48.0 Å². The number of halogens is 2. The molecule has 5 heteroatoms. The molecule has 1 aromatic heterocycles. The number of rotatable bonds is 2. The molecule has 1 aromatic carbocycles.